The molecule has 0 saturated carbocycles. The van der Waals surface area contributed by atoms with E-state index in [1.165, 1.54) is 11.3 Å². The van der Waals surface area contributed by atoms with Gasteiger partial charge in [-0.1, -0.05) is 0 Å². The first kappa shape index (κ1) is 22.6. The molecular weight excluding hydrogens is 426 g/mol. The molecular formula is C24H31N3O4S. The smallest absolute Gasteiger partial charge is 0.410 e. The van der Waals surface area contributed by atoms with Crippen molar-refractivity contribution in [2.45, 2.75) is 51.7 Å². The number of amides is 1. The lowest BCUT2D eigenvalue weighted by atomic mass is 10.0. The van der Waals surface area contributed by atoms with E-state index in [4.69, 9.17) is 9.47 Å². The number of thiophene rings is 1. The van der Waals surface area contributed by atoms with Crippen LogP contribution in [0.2, 0.25) is 0 Å². The van der Waals surface area contributed by atoms with Crippen molar-refractivity contribution in [2.75, 3.05) is 26.7 Å². The van der Waals surface area contributed by atoms with E-state index in [1.807, 2.05) is 44.4 Å². The number of benzene rings is 1. The van der Waals surface area contributed by atoms with Gasteiger partial charge in [0.25, 0.3) is 5.56 Å². The predicted octanol–water partition coefficient (Wildman–Crippen LogP) is 4.28. The fourth-order valence-electron chi connectivity index (χ4n) is 4.33. The summed E-state index contributed by atoms with van der Waals surface area (Å²) in [6, 6.07) is 6.21. The summed E-state index contributed by atoms with van der Waals surface area (Å²) < 4.78 is 11.9. The van der Waals surface area contributed by atoms with Crippen LogP contribution in [0.3, 0.4) is 0 Å². The van der Waals surface area contributed by atoms with Gasteiger partial charge in [-0.05, 0) is 70.2 Å². The Morgan fingerprint density at radius 1 is 1.25 bits per heavy atom. The standard InChI is InChI=1S/C24H31N3O4S/c1-24(2,3)31-23(29)27-12-8-15(9-13-27)25-11-7-16-19(30-4)6-5-18-20(16)17-10-14-32-21(17)22(28)26-18/h5-6,10,14-15,25H,7-9,11-13H2,1-4H3,(H,26,28). The number of likely N-dealkylation sites (tertiary alicyclic amines) is 1. The van der Waals surface area contributed by atoms with Gasteiger partial charge in [-0.2, -0.15) is 0 Å². The Balaban J connectivity index is 1.43. The van der Waals surface area contributed by atoms with Gasteiger partial charge in [0.05, 0.1) is 7.11 Å². The maximum Gasteiger partial charge on any atom is 0.410 e. The van der Waals surface area contributed by atoms with Crippen molar-refractivity contribution in [1.29, 1.82) is 0 Å². The van der Waals surface area contributed by atoms with Crippen LogP contribution in [-0.4, -0.2) is 54.4 Å². The Morgan fingerprint density at radius 2 is 2.00 bits per heavy atom. The number of carbonyl (C=O) groups excluding carboxylic acids is 1. The van der Waals surface area contributed by atoms with Crippen molar-refractivity contribution in [1.82, 2.24) is 15.2 Å². The van der Waals surface area contributed by atoms with Gasteiger partial charge in [0, 0.05) is 41.0 Å². The van der Waals surface area contributed by atoms with Crippen LogP contribution >= 0.6 is 11.3 Å². The molecule has 1 aliphatic heterocycles. The lowest BCUT2D eigenvalue weighted by molar-refractivity contribution is 0.0198. The Kier molecular flexibility index (Phi) is 6.44. The highest BCUT2D eigenvalue weighted by molar-refractivity contribution is 7.17. The molecule has 3 aromatic rings. The SMILES string of the molecule is COc1ccc2[nH]c(=O)c3sccc3c2c1CCNC1CCN(C(=O)OC(C)(C)C)CC1. The van der Waals surface area contributed by atoms with Gasteiger partial charge in [-0.25, -0.2) is 4.79 Å². The number of ether oxygens (including phenoxy) is 2. The van der Waals surface area contributed by atoms with Crippen molar-refractivity contribution in [3.05, 3.63) is 39.5 Å². The number of fused-ring (bicyclic) bond motifs is 3. The quantitative estimate of drug-likeness (QED) is 0.597. The Hall–Kier alpha value is -2.58. The van der Waals surface area contributed by atoms with Crippen molar-refractivity contribution in [3.8, 4) is 5.75 Å². The maximum absolute atomic E-state index is 12.4. The molecule has 172 valence electrons. The summed E-state index contributed by atoms with van der Waals surface area (Å²) in [4.78, 5) is 29.4. The normalized spacial score (nSPS) is 15.4. The highest BCUT2D eigenvalue weighted by atomic mass is 32.1. The number of rotatable bonds is 5. The van der Waals surface area contributed by atoms with Crippen molar-refractivity contribution in [2.24, 2.45) is 0 Å². The van der Waals surface area contributed by atoms with Crippen molar-refractivity contribution < 1.29 is 14.3 Å². The minimum atomic E-state index is -0.470. The van der Waals surface area contributed by atoms with Gasteiger partial charge in [-0.15, -0.1) is 11.3 Å². The third kappa shape index (κ3) is 4.76. The number of piperidine rings is 1. The van der Waals surface area contributed by atoms with Gasteiger partial charge in [0.15, 0.2) is 0 Å². The van der Waals surface area contributed by atoms with Crippen LogP contribution in [0.5, 0.6) is 5.75 Å². The van der Waals surface area contributed by atoms with Crippen LogP contribution in [0, 0.1) is 0 Å². The van der Waals surface area contributed by atoms with E-state index < -0.39 is 5.60 Å². The summed E-state index contributed by atoms with van der Waals surface area (Å²) in [5, 5.41) is 7.64. The van der Waals surface area contributed by atoms with E-state index in [0.717, 1.165) is 58.1 Å². The Bertz CT molecular complexity index is 1170. The van der Waals surface area contributed by atoms with Crippen LogP contribution in [0.1, 0.15) is 39.2 Å². The molecule has 1 aromatic carbocycles. The summed E-state index contributed by atoms with van der Waals surface area (Å²) >= 11 is 1.46. The van der Waals surface area contributed by atoms with Crippen molar-refractivity contribution in [3.63, 3.8) is 0 Å². The summed E-state index contributed by atoms with van der Waals surface area (Å²) in [5.74, 6) is 0.832. The molecule has 1 saturated heterocycles. The number of hydrogen-bond acceptors (Lipinski definition) is 6. The van der Waals surface area contributed by atoms with Gasteiger partial charge in [0.2, 0.25) is 0 Å². The first-order valence-electron chi connectivity index (χ1n) is 11.1. The lowest BCUT2D eigenvalue weighted by Crippen LogP contribution is -2.46. The lowest BCUT2D eigenvalue weighted by Gasteiger charge is -2.33. The monoisotopic (exact) mass is 457 g/mol. The molecule has 4 rings (SSSR count). The van der Waals surface area contributed by atoms with E-state index in [0.29, 0.717) is 19.1 Å². The molecule has 7 nitrogen and oxygen atoms in total. The summed E-state index contributed by atoms with van der Waals surface area (Å²) in [6.45, 7) is 7.85. The average molecular weight is 458 g/mol. The van der Waals surface area contributed by atoms with E-state index in [1.54, 1.807) is 12.0 Å². The number of methoxy groups -OCH3 is 1. The first-order chi connectivity index (χ1) is 15.3. The van der Waals surface area contributed by atoms with Gasteiger partial charge < -0.3 is 24.7 Å². The number of nitrogens with one attached hydrogen (secondary N) is 2. The Labute approximate surface area is 191 Å². The zero-order valence-corrected chi connectivity index (χ0v) is 19.9. The van der Waals surface area contributed by atoms with Gasteiger partial charge in [-0.3, -0.25) is 4.79 Å². The second-order valence-corrected chi connectivity index (χ2v) is 10.1. The second-order valence-electron chi connectivity index (χ2n) is 9.23. The molecule has 0 spiro atoms. The third-order valence-corrected chi connectivity index (χ3v) is 6.75. The zero-order valence-electron chi connectivity index (χ0n) is 19.1. The molecule has 0 aliphatic carbocycles. The van der Waals surface area contributed by atoms with Gasteiger partial charge >= 0.3 is 6.09 Å². The van der Waals surface area contributed by atoms with Gasteiger partial charge in [0.1, 0.15) is 16.1 Å². The van der Waals surface area contributed by atoms with Crippen molar-refractivity contribution >= 4 is 38.4 Å². The zero-order chi connectivity index (χ0) is 22.9. The topological polar surface area (TPSA) is 83.7 Å². The van der Waals surface area contributed by atoms with Crippen LogP contribution < -0.4 is 15.6 Å². The number of carbonyl (C=O) groups is 1. The predicted molar refractivity (Wildman–Crippen MR) is 129 cm³/mol. The largest absolute Gasteiger partial charge is 0.496 e. The number of H-pyrrole nitrogens is 1. The minimum Gasteiger partial charge on any atom is -0.496 e. The molecule has 1 amide bonds. The molecule has 1 aliphatic rings. The average Bonchev–Trinajstić information content (AvgIpc) is 3.23. The summed E-state index contributed by atoms with van der Waals surface area (Å²) in [5.41, 5.74) is 1.42. The number of nitrogens with zero attached hydrogens (tertiary/aromatic N) is 1. The second kappa shape index (κ2) is 9.11. The first-order valence-corrected chi connectivity index (χ1v) is 11.9. The van der Waals surface area contributed by atoms with Crippen LogP contribution in [0.15, 0.2) is 28.4 Å². The van der Waals surface area contributed by atoms with E-state index in [-0.39, 0.29) is 11.7 Å². The molecule has 0 atom stereocenters. The van der Waals surface area contributed by atoms with Crippen LogP contribution in [0.25, 0.3) is 21.0 Å². The highest BCUT2D eigenvalue weighted by Gasteiger charge is 2.26. The molecule has 2 aromatic heterocycles. The maximum atomic E-state index is 12.4. The number of aromatic amines is 1. The minimum absolute atomic E-state index is 0.0477. The number of hydrogen-bond donors (Lipinski definition) is 2. The third-order valence-electron chi connectivity index (χ3n) is 5.83. The molecule has 0 bridgehead atoms. The van der Waals surface area contributed by atoms with Crippen LogP contribution in [-0.2, 0) is 11.2 Å². The molecule has 0 radical (unpaired) electrons. The summed E-state index contributed by atoms with van der Waals surface area (Å²) in [6.07, 6.45) is 2.34. The fraction of sp³-hybridized carbons (Fsp3) is 0.500. The molecule has 32 heavy (non-hydrogen) atoms. The summed E-state index contributed by atoms with van der Waals surface area (Å²) in [7, 11) is 1.68. The molecule has 0 unspecified atom stereocenters. The van der Waals surface area contributed by atoms with Crippen LogP contribution in [0.4, 0.5) is 4.79 Å². The molecule has 2 N–H and O–H groups in total. The highest BCUT2D eigenvalue weighted by Crippen LogP contribution is 2.33. The fourth-order valence-corrected chi connectivity index (χ4v) is 5.13. The van der Waals surface area contributed by atoms with E-state index >= 15 is 0 Å². The van der Waals surface area contributed by atoms with E-state index in [2.05, 4.69) is 10.3 Å². The van der Waals surface area contributed by atoms with E-state index in [9.17, 15) is 9.59 Å². The molecule has 8 heteroatoms. The number of aromatic nitrogens is 1. The number of pyridine rings is 1. The molecule has 1 fully saturated rings. The Morgan fingerprint density at radius 3 is 2.69 bits per heavy atom. The molecule has 3 heterocycles.